The third kappa shape index (κ3) is 52.1. The summed E-state index contributed by atoms with van der Waals surface area (Å²) in [4.78, 5) is 38.0. The zero-order chi connectivity index (χ0) is 48.6. The van der Waals surface area contributed by atoms with Crippen LogP contribution in [0.4, 0.5) is 0 Å². The van der Waals surface area contributed by atoms with E-state index in [1.54, 1.807) is 0 Å². The van der Waals surface area contributed by atoms with Gasteiger partial charge in [-0.05, 0) is 122 Å². The first kappa shape index (κ1) is 62.3. The first-order valence-electron chi connectivity index (χ1n) is 26.3. The second-order valence-corrected chi connectivity index (χ2v) is 16.6. The average molecular weight is 923 g/mol. The van der Waals surface area contributed by atoms with Gasteiger partial charge < -0.3 is 14.2 Å². The average Bonchev–Trinajstić information content (AvgIpc) is 3.33. The number of hydrogen-bond acceptors (Lipinski definition) is 6. The summed E-state index contributed by atoms with van der Waals surface area (Å²) < 4.78 is 16.7. The van der Waals surface area contributed by atoms with Crippen LogP contribution >= 0.6 is 0 Å². The largest absolute Gasteiger partial charge is 0.462 e. The van der Waals surface area contributed by atoms with E-state index in [0.29, 0.717) is 19.3 Å². The van der Waals surface area contributed by atoms with Gasteiger partial charge in [-0.3, -0.25) is 14.4 Å². The quantitative estimate of drug-likeness (QED) is 0.0262. The molecule has 0 spiro atoms. The van der Waals surface area contributed by atoms with Gasteiger partial charge in [0.2, 0.25) is 0 Å². The van der Waals surface area contributed by atoms with Crippen LogP contribution in [0.1, 0.15) is 201 Å². The fourth-order valence-electron chi connectivity index (χ4n) is 6.49. The number of rotatable bonds is 45. The molecule has 0 fully saturated rings. The summed E-state index contributed by atoms with van der Waals surface area (Å²) in [5.41, 5.74) is 0. The number of unbranched alkanes of at least 4 members (excludes halogenated alkanes) is 10. The van der Waals surface area contributed by atoms with E-state index in [1.807, 2.05) is 12.2 Å². The van der Waals surface area contributed by atoms with Gasteiger partial charge in [0, 0.05) is 19.3 Å². The van der Waals surface area contributed by atoms with E-state index in [4.69, 9.17) is 14.2 Å². The van der Waals surface area contributed by atoms with Crippen molar-refractivity contribution in [3.63, 3.8) is 0 Å². The summed E-state index contributed by atoms with van der Waals surface area (Å²) in [6, 6.07) is 0. The molecule has 6 nitrogen and oxygen atoms in total. The summed E-state index contributed by atoms with van der Waals surface area (Å²) in [6.45, 7) is 6.16. The third-order valence-corrected chi connectivity index (χ3v) is 10.3. The molecule has 0 saturated carbocycles. The minimum Gasteiger partial charge on any atom is -0.462 e. The Labute approximate surface area is 410 Å². The highest BCUT2D eigenvalue weighted by atomic mass is 16.6. The Balaban J connectivity index is 4.52. The lowest BCUT2D eigenvalue weighted by molar-refractivity contribution is -0.166. The van der Waals surface area contributed by atoms with Gasteiger partial charge in [-0.2, -0.15) is 0 Å². The Morgan fingerprint density at radius 2 is 0.567 bits per heavy atom. The summed E-state index contributed by atoms with van der Waals surface area (Å²) in [5, 5.41) is 0. The van der Waals surface area contributed by atoms with Crippen molar-refractivity contribution in [2.75, 3.05) is 13.2 Å². The van der Waals surface area contributed by atoms with E-state index in [0.717, 1.165) is 116 Å². The Hall–Kier alpha value is -4.71. The lowest BCUT2D eigenvalue weighted by atomic mass is 10.1. The van der Waals surface area contributed by atoms with Crippen molar-refractivity contribution in [1.29, 1.82) is 0 Å². The highest BCUT2D eigenvalue weighted by molar-refractivity contribution is 5.71. The van der Waals surface area contributed by atoms with Crippen LogP contribution in [0.3, 0.4) is 0 Å². The lowest BCUT2D eigenvalue weighted by Gasteiger charge is -2.18. The highest BCUT2D eigenvalue weighted by Gasteiger charge is 2.19. The minimum atomic E-state index is -0.838. The highest BCUT2D eigenvalue weighted by Crippen LogP contribution is 2.13. The van der Waals surface area contributed by atoms with E-state index >= 15 is 0 Å². The normalized spacial score (nSPS) is 13.3. The molecule has 0 aromatic heterocycles. The molecule has 1 atom stereocenters. The molecule has 0 aromatic carbocycles. The standard InChI is InChI=1S/C61H94O6/c1-4-7-10-13-16-19-22-25-27-28-29-30-31-32-34-36-39-42-45-48-51-54-60(63)66-57-58(56-65-59(62)53-50-47-44-41-38-35-24-21-18-15-12-9-6-3)67-61(64)55-52-49-46-43-40-37-33-26-23-20-17-14-11-8-5-2/h7-12,16-21,25-27,29-30,33,35,38,40,43-44,47,58H,4-6,13-15,22-24,28,31-32,34,36-37,39,41-42,45-46,48-57H2,1-3H3/b10-7-,11-8-,12-9-,19-16-,20-17-,21-18-,27-25-,30-29-,33-26-,38-35-,43-40-,47-44-. The Morgan fingerprint density at radius 1 is 0.299 bits per heavy atom. The molecule has 0 radical (unpaired) electrons. The van der Waals surface area contributed by atoms with Crippen molar-refractivity contribution in [2.45, 2.75) is 207 Å². The van der Waals surface area contributed by atoms with Crippen LogP contribution < -0.4 is 0 Å². The van der Waals surface area contributed by atoms with Crippen molar-refractivity contribution in [3.8, 4) is 0 Å². The SMILES string of the molecule is CC/C=C\C/C=C\C/C=C\C/C=C\CCCCCCCCCCC(=O)OCC(COC(=O)CC/C=C\C/C=C\C/C=C\C/C=C\CC)OC(=O)CCCC/C=C\C/C=C\C/C=C\C/C=C\CC. The molecule has 0 saturated heterocycles. The Morgan fingerprint density at radius 3 is 0.955 bits per heavy atom. The molecule has 6 heteroatoms. The number of allylic oxidation sites excluding steroid dienone is 24. The van der Waals surface area contributed by atoms with Crippen molar-refractivity contribution in [3.05, 3.63) is 146 Å². The zero-order valence-electron chi connectivity index (χ0n) is 42.6. The van der Waals surface area contributed by atoms with Crippen molar-refractivity contribution in [2.24, 2.45) is 0 Å². The molecule has 0 rings (SSSR count). The van der Waals surface area contributed by atoms with Gasteiger partial charge in [-0.25, -0.2) is 0 Å². The molecule has 0 aliphatic rings. The Kier molecular flexibility index (Phi) is 50.1. The molecule has 0 aliphatic carbocycles. The van der Waals surface area contributed by atoms with Crippen LogP contribution in [0.2, 0.25) is 0 Å². The molecule has 0 N–H and O–H groups in total. The topological polar surface area (TPSA) is 78.9 Å². The van der Waals surface area contributed by atoms with Crippen LogP contribution in [-0.4, -0.2) is 37.2 Å². The van der Waals surface area contributed by atoms with E-state index in [9.17, 15) is 14.4 Å². The maximum atomic E-state index is 12.8. The lowest BCUT2D eigenvalue weighted by Crippen LogP contribution is -2.30. The molecule has 67 heavy (non-hydrogen) atoms. The second kappa shape index (κ2) is 53.9. The summed E-state index contributed by atoms with van der Waals surface area (Å²) in [7, 11) is 0. The fraction of sp³-hybridized carbons (Fsp3) is 0.557. The van der Waals surface area contributed by atoms with Crippen molar-refractivity contribution >= 4 is 17.9 Å². The molecule has 0 heterocycles. The summed E-state index contributed by atoms with van der Waals surface area (Å²) in [5.74, 6) is -1.07. The molecular weight excluding hydrogens is 829 g/mol. The number of carbonyl (C=O) groups excluding carboxylic acids is 3. The molecule has 0 amide bonds. The second-order valence-electron chi connectivity index (χ2n) is 16.6. The fourth-order valence-corrected chi connectivity index (χ4v) is 6.49. The van der Waals surface area contributed by atoms with Crippen LogP contribution in [0.5, 0.6) is 0 Å². The zero-order valence-corrected chi connectivity index (χ0v) is 42.6. The first-order chi connectivity index (χ1) is 33.0. The number of hydrogen-bond donors (Lipinski definition) is 0. The molecule has 0 bridgehead atoms. The van der Waals surface area contributed by atoms with E-state index in [-0.39, 0.29) is 44.0 Å². The smallest absolute Gasteiger partial charge is 0.306 e. The van der Waals surface area contributed by atoms with Gasteiger partial charge >= 0.3 is 17.9 Å². The molecule has 1 unspecified atom stereocenters. The predicted molar refractivity (Wildman–Crippen MR) is 288 cm³/mol. The van der Waals surface area contributed by atoms with Gasteiger partial charge in [0.05, 0.1) is 0 Å². The molecular formula is C61H94O6. The predicted octanol–water partition coefficient (Wildman–Crippen LogP) is 17.6. The van der Waals surface area contributed by atoms with Gasteiger partial charge in [-0.15, -0.1) is 0 Å². The van der Waals surface area contributed by atoms with Gasteiger partial charge in [0.1, 0.15) is 13.2 Å². The van der Waals surface area contributed by atoms with E-state index in [1.165, 1.54) is 32.1 Å². The third-order valence-electron chi connectivity index (χ3n) is 10.3. The van der Waals surface area contributed by atoms with Crippen LogP contribution in [0.25, 0.3) is 0 Å². The van der Waals surface area contributed by atoms with E-state index < -0.39 is 6.10 Å². The number of esters is 3. The van der Waals surface area contributed by atoms with E-state index in [2.05, 4.69) is 154 Å². The molecule has 374 valence electrons. The number of carbonyl (C=O) groups is 3. The maximum Gasteiger partial charge on any atom is 0.306 e. The van der Waals surface area contributed by atoms with Gasteiger partial charge in [0.15, 0.2) is 6.10 Å². The Bertz CT molecular complexity index is 1530. The number of ether oxygens (including phenoxy) is 3. The van der Waals surface area contributed by atoms with Gasteiger partial charge in [0.25, 0.3) is 0 Å². The summed E-state index contributed by atoms with van der Waals surface area (Å²) in [6.07, 6.45) is 77.1. The summed E-state index contributed by atoms with van der Waals surface area (Å²) >= 11 is 0. The monoisotopic (exact) mass is 923 g/mol. The van der Waals surface area contributed by atoms with Crippen LogP contribution in [0, 0.1) is 0 Å². The van der Waals surface area contributed by atoms with Crippen LogP contribution in [0.15, 0.2) is 146 Å². The van der Waals surface area contributed by atoms with Crippen molar-refractivity contribution < 1.29 is 28.6 Å². The first-order valence-corrected chi connectivity index (χ1v) is 26.3. The minimum absolute atomic E-state index is 0.127. The van der Waals surface area contributed by atoms with Gasteiger partial charge in [-0.1, -0.05) is 205 Å². The molecule has 0 aromatic rings. The maximum absolute atomic E-state index is 12.8. The molecule has 0 aliphatic heterocycles. The van der Waals surface area contributed by atoms with Crippen molar-refractivity contribution in [1.82, 2.24) is 0 Å². The van der Waals surface area contributed by atoms with Crippen LogP contribution in [-0.2, 0) is 28.6 Å².